The third-order valence-electron chi connectivity index (χ3n) is 5.30. The second-order valence-corrected chi connectivity index (χ2v) is 10.0. The molecule has 0 bridgehead atoms. The summed E-state index contributed by atoms with van der Waals surface area (Å²) in [6, 6.07) is 0. The average molecular weight is 444 g/mol. The summed E-state index contributed by atoms with van der Waals surface area (Å²) >= 11 is 2.80. The van der Waals surface area contributed by atoms with E-state index in [9.17, 15) is 19.1 Å². The van der Waals surface area contributed by atoms with Gasteiger partial charge in [-0.15, -0.1) is 11.3 Å². The van der Waals surface area contributed by atoms with Gasteiger partial charge in [0.2, 0.25) is 0 Å². The maximum Gasteiger partial charge on any atom is 0.355 e. The number of rotatable bonds is 13. The van der Waals surface area contributed by atoms with Gasteiger partial charge in [0, 0.05) is 23.5 Å². The first-order chi connectivity index (χ1) is 13.8. The summed E-state index contributed by atoms with van der Waals surface area (Å²) in [6.07, 6.45) is 9.55. The van der Waals surface area contributed by atoms with Crippen LogP contribution in [0.1, 0.15) is 68.8 Å². The number of Topliss-reactive ketones (excluding diaryl/α,β-unsaturated/α-hetero) is 1. The van der Waals surface area contributed by atoms with Gasteiger partial charge in [0.25, 0.3) is 0 Å². The molecule has 0 saturated heterocycles. The summed E-state index contributed by atoms with van der Waals surface area (Å²) in [5, 5.41) is 20.9. The number of aromatic carboxylic acids is 1. The monoisotopic (exact) mass is 443 g/mol. The van der Waals surface area contributed by atoms with Crippen molar-refractivity contribution in [2.45, 2.75) is 68.2 Å². The predicted octanol–water partition coefficient (Wildman–Crippen LogP) is 5.15. The summed E-state index contributed by atoms with van der Waals surface area (Å²) in [5.41, 5.74) is -0.736. The number of halogens is 1. The number of thiazole rings is 1. The van der Waals surface area contributed by atoms with E-state index >= 15 is 0 Å². The Balaban J connectivity index is 1.78. The number of aromatic nitrogens is 1. The van der Waals surface area contributed by atoms with Gasteiger partial charge in [-0.05, 0) is 44.9 Å². The lowest BCUT2D eigenvalue weighted by atomic mass is 9.90. The minimum absolute atomic E-state index is 0.0211. The highest BCUT2D eigenvalue weighted by atomic mass is 32.2. The topological polar surface area (TPSA) is 87.5 Å². The molecular weight excluding hydrogens is 413 g/mol. The zero-order valence-corrected chi connectivity index (χ0v) is 18.4. The molecule has 0 radical (unpaired) electrons. The molecule has 2 N–H and O–H groups in total. The van der Waals surface area contributed by atoms with Gasteiger partial charge in [0.15, 0.2) is 10.0 Å². The molecule has 162 valence electrons. The fraction of sp³-hybridized carbons (Fsp3) is 0.667. The zero-order valence-electron chi connectivity index (χ0n) is 16.8. The average Bonchev–Trinajstić information content (AvgIpc) is 3.27. The van der Waals surface area contributed by atoms with Crippen LogP contribution in [0.15, 0.2) is 21.9 Å². The number of aliphatic hydroxyl groups is 1. The quantitative estimate of drug-likeness (QED) is 0.249. The first-order valence-electron chi connectivity index (χ1n) is 10.1. The maximum atomic E-state index is 12.3. The lowest BCUT2D eigenvalue weighted by Crippen LogP contribution is -2.23. The normalized spacial score (nSPS) is 21.7. The smallest absolute Gasteiger partial charge is 0.355 e. The van der Waals surface area contributed by atoms with Gasteiger partial charge < -0.3 is 10.2 Å². The van der Waals surface area contributed by atoms with Crippen LogP contribution in [-0.2, 0) is 4.79 Å². The number of thioether (sulfide) groups is 1. The van der Waals surface area contributed by atoms with Crippen LogP contribution in [0.4, 0.5) is 4.39 Å². The summed E-state index contributed by atoms with van der Waals surface area (Å²) in [5.74, 6) is 0.147. The number of unbranched alkanes of at least 4 members (excludes halogenated alkanes) is 2. The Morgan fingerprint density at radius 3 is 2.93 bits per heavy atom. The molecule has 0 amide bonds. The van der Waals surface area contributed by atoms with Gasteiger partial charge in [0.1, 0.15) is 5.78 Å². The minimum Gasteiger partial charge on any atom is -0.476 e. The van der Waals surface area contributed by atoms with Crippen molar-refractivity contribution in [3.8, 4) is 0 Å². The van der Waals surface area contributed by atoms with Gasteiger partial charge in [-0.2, -0.15) is 0 Å². The number of hydrogen-bond donors (Lipinski definition) is 2. The number of carbonyl (C=O) groups excluding carboxylic acids is 1. The number of allylic oxidation sites excluding steroid dienone is 1. The van der Waals surface area contributed by atoms with Gasteiger partial charge >= 0.3 is 5.97 Å². The Kier molecular flexibility index (Phi) is 9.79. The Morgan fingerprint density at radius 2 is 2.24 bits per heavy atom. The molecule has 1 saturated carbocycles. The van der Waals surface area contributed by atoms with E-state index in [1.54, 1.807) is 6.92 Å². The van der Waals surface area contributed by atoms with Crippen LogP contribution < -0.4 is 0 Å². The van der Waals surface area contributed by atoms with Crippen molar-refractivity contribution in [2.75, 3.05) is 12.4 Å². The largest absolute Gasteiger partial charge is 0.476 e. The number of hydrogen-bond acceptors (Lipinski definition) is 6. The number of carbonyl (C=O) groups is 2. The van der Waals surface area contributed by atoms with Crippen molar-refractivity contribution < 1.29 is 24.2 Å². The molecule has 3 atom stereocenters. The minimum atomic E-state index is -1.03. The molecule has 3 unspecified atom stereocenters. The van der Waals surface area contributed by atoms with E-state index < -0.39 is 11.6 Å². The number of ketones is 1. The Morgan fingerprint density at radius 1 is 1.45 bits per heavy atom. The molecule has 5 nitrogen and oxygen atoms in total. The molecular formula is C21H30FNO4S2. The van der Waals surface area contributed by atoms with E-state index in [4.69, 9.17) is 5.11 Å². The SMILES string of the molecule is CC(O)(CC=CC1CCC(=O)C1CCSc1nc(C(=O)O)cs1)CCCCCF. The number of carboxylic acid groups (broad SMARTS) is 1. The molecule has 2 rings (SSSR count). The fourth-order valence-electron chi connectivity index (χ4n) is 3.61. The highest BCUT2D eigenvalue weighted by molar-refractivity contribution is 8.01. The van der Waals surface area contributed by atoms with Crippen LogP contribution in [0.5, 0.6) is 0 Å². The van der Waals surface area contributed by atoms with Crippen LogP contribution in [0.2, 0.25) is 0 Å². The first kappa shape index (κ1) is 24.0. The molecule has 8 heteroatoms. The number of alkyl halides is 1. The second-order valence-electron chi connectivity index (χ2n) is 7.85. The van der Waals surface area contributed by atoms with Gasteiger partial charge in [-0.1, -0.05) is 36.8 Å². The lowest BCUT2D eigenvalue weighted by molar-refractivity contribution is -0.121. The summed E-state index contributed by atoms with van der Waals surface area (Å²) in [7, 11) is 0. The molecule has 1 aromatic rings. The van der Waals surface area contributed by atoms with Crippen molar-refractivity contribution in [1.82, 2.24) is 4.98 Å². The van der Waals surface area contributed by atoms with Gasteiger partial charge in [0.05, 0.1) is 12.3 Å². The van der Waals surface area contributed by atoms with Crippen molar-refractivity contribution in [1.29, 1.82) is 0 Å². The molecule has 1 aliphatic carbocycles. The van der Waals surface area contributed by atoms with E-state index in [-0.39, 0.29) is 30.0 Å². The van der Waals surface area contributed by atoms with Crippen molar-refractivity contribution in [3.63, 3.8) is 0 Å². The van der Waals surface area contributed by atoms with Crippen molar-refractivity contribution >= 4 is 34.9 Å². The number of nitrogens with zero attached hydrogens (tertiary/aromatic N) is 1. The highest BCUT2D eigenvalue weighted by Crippen LogP contribution is 2.35. The molecule has 1 aromatic heterocycles. The summed E-state index contributed by atoms with van der Waals surface area (Å²) in [4.78, 5) is 27.2. The van der Waals surface area contributed by atoms with Gasteiger partial charge in [-0.25, -0.2) is 9.78 Å². The lowest BCUT2D eigenvalue weighted by Gasteiger charge is -2.22. The third kappa shape index (κ3) is 8.18. The molecule has 29 heavy (non-hydrogen) atoms. The van der Waals surface area contributed by atoms with E-state index in [1.807, 2.05) is 6.08 Å². The molecule has 0 aliphatic heterocycles. The summed E-state index contributed by atoms with van der Waals surface area (Å²) in [6.45, 7) is 1.50. The molecule has 0 spiro atoms. The van der Waals surface area contributed by atoms with E-state index in [0.29, 0.717) is 30.0 Å². The highest BCUT2D eigenvalue weighted by Gasteiger charge is 2.32. The van der Waals surface area contributed by atoms with E-state index in [0.717, 1.165) is 31.4 Å². The predicted molar refractivity (Wildman–Crippen MR) is 114 cm³/mol. The molecule has 0 aromatic carbocycles. The third-order valence-corrected chi connectivity index (χ3v) is 7.36. The van der Waals surface area contributed by atoms with Crippen LogP contribution >= 0.6 is 23.1 Å². The van der Waals surface area contributed by atoms with Gasteiger partial charge in [-0.3, -0.25) is 9.18 Å². The van der Waals surface area contributed by atoms with Crippen molar-refractivity contribution in [2.24, 2.45) is 11.8 Å². The Labute approximate surface area is 179 Å². The first-order valence-corrected chi connectivity index (χ1v) is 12.0. The fourth-order valence-corrected chi connectivity index (χ4v) is 5.50. The Hall–Kier alpha value is -1.25. The van der Waals surface area contributed by atoms with Crippen LogP contribution in [0.25, 0.3) is 0 Å². The standard InChI is InChI=1S/C21H30FNO4S2/c1-21(27,10-3-2-4-12-22)11-5-6-15-7-8-18(24)16(15)9-13-28-20-23-17(14-29-20)19(25)26/h5-6,14-16,27H,2-4,7-13H2,1H3,(H,25,26). The van der Waals surface area contributed by atoms with E-state index in [1.165, 1.54) is 28.5 Å². The van der Waals surface area contributed by atoms with E-state index in [2.05, 4.69) is 11.1 Å². The maximum absolute atomic E-state index is 12.3. The zero-order chi connectivity index (χ0) is 21.3. The second kappa shape index (κ2) is 11.8. The van der Waals surface area contributed by atoms with Crippen LogP contribution in [0, 0.1) is 11.8 Å². The molecule has 1 fully saturated rings. The molecule has 1 aliphatic rings. The van der Waals surface area contributed by atoms with Crippen LogP contribution in [0.3, 0.4) is 0 Å². The Bertz CT molecular complexity index is 705. The number of carboxylic acids is 1. The summed E-state index contributed by atoms with van der Waals surface area (Å²) < 4.78 is 12.9. The molecule has 1 heterocycles. The van der Waals surface area contributed by atoms with Crippen LogP contribution in [-0.4, -0.2) is 45.0 Å². The van der Waals surface area contributed by atoms with Crippen molar-refractivity contribution in [3.05, 3.63) is 23.2 Å².